The number of nitrogens with two attached hydrogens (primary N) is 1. The fraction of sp³-hybridized carbons (Fsp3) is 0.938. The van der Waals surface area contributed by atoms with Gasteiger partial charge in [0.1, 0.15) is 17.9 Å². The predicted octanol–water partition coefficient (Wildman–Crippen LogP) is 4.20. The zero-order valence-corrected chi connectivity index (χ0v) is 26.5. The molecule has 3 aliphatic heterocycles. The number of likely N-dealkylation sites (tertiary alicyclic amines) is 1. The zero-order chi connectivity index (χ0) is 29.6. The summed E-state index contributed by atoms with van der Waals surface area (Å²) < 4.78 is 15.1. The third-order valence-electron chi connectivity index (χ3n) is 11.4. The number of hydrogen-bond acceptors (Lipinski definition) is 6. The molecule has 0 aromatic heterocycles. The summed E-state index contributed by atoms with van der Waals surface area (Å²) in [4.78, 5) is 16.9. The van der Waals surface area contributed by atoms with Gasteiger partial charge in [0.25, 0.3) is 0 Å². The molecule has 7 atom stereocenters. The lowest BCUT2D eigenvalue weighted by atomic mass is 9.53. The molecule has 4 rings (SSSR count). The van der Waals surface area contributed by atoms with E-state index in [0.717, 1.165) is 84.0 Å². The second-order valence-electron chi connectivity index (χ2n) is 14.1. The number of rotatable bonds is 11. The van der Waals surface area contributed by atoms with E-state index in [2.05, 4.69) is 53.8 Å². The van der Waals surface area contributed by atoms with Gasteiger partial charge in [-0.15, -0.1) is 0 Å². The Morgan fingerprint density at radius 3 is 2.51 bits per heavy atom. The van der Waals surface area contributed by atoms with Gasteiger partial charge in [-0.3, -0.25) is 15.6 Å². The van der Waals surface area contributed by atoms with Crippen molar-refractivity contribution in [1.82, 2.24) is 26.0 Å². The number of carbonyl (C=O) groups is 1. The summed E-state index contributed by atoms with van der Waals surface area (Å²) in [5.74, 6) is -0.713. The largest absolute Gasteiger partial charge is 0.387 e. The van der Waals surface area contributed by atoms with E-state index in [1.165, 1.54) is 19.3 Å². The summed E-state index contributed by atoms with van der Waals surface area (Å²) in [5, 5.41) is 17.9. The highest BCUT2D eigenvalue weighted by Crippen LogP contribution is 2.59. The van der Waals surface area contributed by atoms with Crippen molar-refractivity contribution in [2.45, 2.75) is 129 Å². The molecule has 0 radical (unpaired) electrons. The number of unbranched alkanes of at least 4 members (excludes halogenated alkanes) is 2. The molecule has 0 aromatic carbocycles. The number of halogens is 1. The van der Waals surface area contributed by atoms with E-state index >= 15 is 4.39 Å². The lowest BCUT2D eigenvalue weighted by Gasteiger charge is -2.55. The number of carbonyl (C=O) groups excluding carboxylic acids is 1. The van der Waals surface area contributed by atoms with Crippen molar-refractivity contribution < 1.29 is 9.18 Å². The van der Waals surface area contributed by atoms with Gasteiger partial charge in [0.15, 0.2) is 0 Å². The molecule has 6 N–H and O–H groups in total. The van der Waals surface area contributed by atoms with Gasteiger partial charge in [0.2, 0.25) is 5.91 Å². The Labute approximate surface area is 249 Å². The molecule has 0 bridgehead atoms. The average Bonchev–Trinajstić information content (AvgIpc) is 3.60. The lowest BCUT2D eigenvalue weighted by molar-refractivity contribution is -0.129. The van der Waals surface area contributed by atoms with Crippen molar-refractivity contribution in [3.05, 3.63) is 0 Å². The van der Waals surface area contributed by atoms with Gasteiger partial charge in [0, 0.05) is 44.8 Å². The van der Waals surface area contributed by atoms with E-state index in [-0.39, 0.29) is 41.2 Å². The molecular weight excluding hydrogens is 517 g/mol. The van der Waals surface area contributed by atoms with Crippen LogP contribution in [0.25, 0.3) is 0 Å². The Morgan fingerprint density at radius 1 is 1.12 bits per heavy atom. The lowest BCUT2D eigenvalue weighted by Crippen LogP contribution is -2.65. The van der Waals surface area contributed by atoms with Crippen LogP contribution in [0.2, 0.25) is 0 Å². The van der Waals surface area contributed by atoms with E-state index in [1.54, 1.807) is 0 Å². The second kappa shape index (κ2) is 14.5. The first-order valence-corrected chi connectivity index (χ1v) is 16.9. The molecule has 1 saturated carbocycles. The second-order valence-corrected chi connectivity index (χ2v) is 14.1. The monoisotopic (exact) mass is 577 g/mol. The highest BCUT2D eigenvalue weighted by atomic mass is 19.1. The van der Waals surface area contributed by atoms with Crippen molar-refractivity contribution in [1.29, 1.82) is 5.41 Å². The molecule has 4 fully saturated rings. The molecule has 0 aromatic rings. The van der Waals surface area contributed by atoms with E-state index in [1.807, 2.05) is 0 Å². The standard InChI is InChI=1S/C32H60FN7O/c1-5-7-10-18-40-20-12-24(25-13-19-39(4)38-25)26(22-40)37-30(41)27(29(34)35)28-32(15-8-9-16-32)31(3,14-6-2)17-11-23(33)21-36-28/h23-28,36,38H,5-22H2,1-4H3,(H3,34,35)(H,37,41). The summed E-state index contributed by atoms with van der Waals surface area (Å²) in [7, 11) is 2.09. The molecule has 7 unspecified atom stereocenters. The Kier molecular flexibility index (Phi) is 11.5. The number of nitrogens with zero attached hydrogens (tertiary/aromatic N) is 2. The Hall–Kier alpha value is -1.29. The topological polar surface area (TPSA) is 110 Å². The maximum Gasteiger partial charge on any atom is 0.232 e. The minimum absolute atomic E-state index is 0.00670. The Bertz CT molecular complexity index is 867. The van der Waals surface area contributed by atoms with Crippen LogP contribution in [-0.2, 0) is 4.79 Å². The summed E-state index contributed by atoms with van der Waals surface area (Å²) in [6.07, 6.45) is 12.4. The number of hydrazine groups is 1. The first-order chi connectivity index (χ1) is 19.6. The maximum absolute atomic E-state index is 15.1. The number of amides is 1. The van der Waals surface area contributed by atoms with Gasteiger partial charge >= 0.3 is 0 Å². The van der Waals surface area contributed by atoms with Crippen LogP contribution in [0, 0.1) is 28.1 Å². The highest BCUT2D eigenvalue weighted by Gasteiger charge is 2.58. The predicted molar refractivity (Wildman–Crippen MR) is 165 cm³/mol. The molecule has 4 aliphatic rings. The Balaban J connectivity index is 1.61. The van der Waals surface area contributed by atoms with Gasteiger partial charge in [-0.2, -0.15) is 0 Å². The number of amidine groups is 1. The number of alkyl halides is 1. The van der Waals surface area contributed by atoms with Crippen molar-refractivity contribution in [2.24, 2.45) is 28.4 Å². The Morgan fingerprint density at radius 2 is 1.88 bits per heavy atom. The van der Waals surface area contributed by atoms with Crippen molar-refractivity contribution in [3.63, 3.8) is 0 Å². The van der Waals surface area contributed by atoms with Crippen molar-refractivity contribution in [3.8, 4) is 0 Å². The van der Waals surface area contributed by atoms with E-state index in [0.29, 0.717) is 18.4 Å². The summed E-state index contributed by atoms with van der Waals surface area (Å²) >= 11 is 0. The van der Waals surface area contributed by atoms with Crippen LogP contribution in [0.1, 0.15) is 104 Å². The van der Waals surface area contributed by atoms with Crippen LogP contribution in [0.5, 0.6) is 0 Å². The maximum atomic E-state index is 15.1. The van der Waals surface area contributed by atoms with Crippen LogP contribution in [0.3, 0.4) is 0 Å². The molecule has 9 heteroatoms. The highest BCUT2D eigenvalue weighted by molar-refractivity contribution is 6.02. The fourth-order valence-corrected chi connectivity index (χ4v) is 9.19. The number of nitrogens with one attached hydrogen (secondary N) is 4. The van der Waals surface area contributed by atoms with Gasteiger partial charge in [-0.25, -0.2) is 9.40 Å². The van der Waals surface area contributed by atoms with Gasteiger partial charge in [0.05, 0.1) is 0 Å². The summed E-state index contributed by atoms with van der Waals surface area (Å²) in [6, 6.07) is -0.0106. The van der Waals surface area contributed by atoms with Gasteiger partial charge < -0.3 is 21.3 Å². The van der Waals surface area contributed by atoms with Crippen molar-refractivity contribution >= 4 is 11.7 Å². The van der Waals surface area contributed by atoms with E-state index < -0.39 is 12.1 Å². The SMILES string of the molecule is CCCCCN1CCC(C2CCN(C)N2)C(NC(=O)C(C(=N)N)C2NCC(F)CCC(C)(CCC)C23CCCC3)C1. The molecule has 1 aliphatic carbocycles. The first kappa shape index (κ1) is 32.6. The normalized spacial score (nSPS) is 35.7. The van der Waals surface area contributed by atoms with E-state index in [9.17, 15) is 4.79 Å². The minimum atomic E-state index is -0.951. The fourth-order valence-electron chi connectivity index (χ4n) is 9.19. The van der Waals surface area contributed by atoms with Crippen LogP contribution in [0.4, 0.5) is 4.39 Å². The first-order valence-electron chi connectivity index (χ1n) is 16.9. The van der Waals surface area contributed by atoms with Crippen LogP contribution < -0.4 is 21.8 Å². The molecule has 8 nitrogen and oxygen atoms in total. The smallest absolute Gasteiger partial charge is 0.232 e. The van der Waals surface area contributed by atoms with Crippen molar-refractivity contribution in [2.75, 3.05) is 39.8 Å². The third-order valence-corrected chi connectivity index (χ3v) is 11.4. The number of piperidine rings is 1. The molecule has 1 amide bonds. The van der Waals surface area contributed by atoms with Gasteiger partial charge in [-0.1, -0.05) is 52.9 Å². The quantitative estimate of drug-likeness (QED) is 0.143. The molecule has 1 spiro atoms. The van der Waals surface area contributed by atoms with Crippen LogP contribution >= 0.6 is 0 Å². The van der Waals surface area contributed by atoms with Gasteiger partial charge in [-0.05, 0) is 81.2 Å². The molecule has 3 saturated heterocycles. The minimum Gasteiger partial charge on any atom is -0.387 e. The van der Waals surface area contributed by atoms with Crippen LogP contribution in [-0.4, -0.2) is 85.7 Å². The average molecular weight is 578 g/mol. The molecule has 41 heavy (non-hydrogen) atoms. The zero-order valence-electron chi connectivity index (χ0n) is 26.5. The summed E-state index contributed by atoms with van der Waals surface area (Å²) in [6.45, 7) is 10.9. The summed E-state index contributed by atoms with van der Waals surface area (Å²) in [5.41, 5.74) is 9.71. The number of hydrogen-bond donors (Lipinski definition) is 5. The van der Waals surface area contributed by atoms with E-state index in [4.69, 9.17) is 11.1 Å². The molecule has 236 valence electrons. The molecule has 3 heterocycles. The molecular formula is C32H60FN7O. The van der Waals surface area contributed by atoms with Crippen LogP contribution in [0.15, 0.2) is 0 Å². The third kappa shape index (κ3) is 7.27.